The van der Waals surface area contributed by atoms with Gasteiger partial charge in [0.25, 0.3) is 5.91 Å². The number of carbonyl (C=O) groups excluding carboxylic acids is 3. The molecule has 0 fully saturated rings. The molecule has 0 aliphatic carbocycles. The highest BCUT2D eigenvalue weighted by molar-refractivity contribution is 5.98. The van der Waals surface area contributed by atoms with E-state index in [1.807, 2.05) is 39.0 Å². The molecule has 0 spiro atoms. The molecule has 2 rings (SSSR count). The van der Waals surface area contributed by atoms with E-state index >= 15 is 0 Å². The first-order valence-electron chi connectivity index (χ1n) is 10.1. The number of hydrogen-bond acceptors (Lipinski definition) is 5. The summed E-state index contributed by atoms with van der Waals surface area (Å²) < 4.78 is 10.7. The molecule has 0 heterocycles. The molecular formula is C24H29NO5. The summed E-state index contributed by atoms with van der Waals surface area (Å²) >= 11 is 0. The second-order valence-corrected chi connectivity index (χ2v) is 7.24. The third-order valence-corrected chi connectivity index (χ3v) is 4.53. The van der Waals surface area contributed by atoms with E-state index in [2.05, 4.69) is 5.32 Å². The Bertz CT molecular complexity index is 889. The molecular weight excluding hydrogens is 382 g/mol. The summed E-state index contributed by atoms with van der Waals surface area (Å²) in [7, 11) is 0. The number of anilines is 1. The van der Waals surface area contributed by atoms with Crippen molar-refractivity contribution < 1.29 is 23.9 Å². The second kappa shape index (κ2) is 11.1. The molecule has 2 aromatic rings. The van der Waals surface area contributed by atoms with Crippen LogP contribution in [-0.2, 0) is 14.3 Å². The maximum atomic E-state index is 12.3. The van der Waals surface area contributed by atoms with E-state index in [1.165, 1.54) is 6.92 Å². The van der Waals surface area contributed by atoms with Crippen LogP contribution in [0.3, 0.4) is 0 Å². The SMILES string of the molecule is CCCOc1ccc(C(=O)CCC(=O)O[C@@H](C)C(=O)Nc2cc(C)ccc2C)cc1. The Balaban J connectivity index is 1.81. The van der Waals surface area contributed by atoms with Crippen LogP contribution in [0, 0.1) is 13.8 Å². The molecule has 1 atom stereocenters. The first kappa shape index (κ1) is 23.1. The number of rotatable bonds is 10. The number of hydrogen-bond donors (Lipinski definition) is 1. The largest absolute Gasteiger partial charge is 0.494 e. The van der Waals surface area contributed by atoms with Gasteiger partial charge in [-0.25, -0.2) is 0 Å². The van der Waals surface area contributed by atoms with E-state index in [-0.39, 0.29) is 18.6 Å². The van der Waals surface area contributed by atoms with E-state index in [0.29, 0.717) is 23.6 Å². The Hall–Kier alpha value is -3.15. The minimum Gasteiger partial charge on any atom is -0.494 e. The third-order valence-electron chi connectivity index (χ3n) is 4.53. The minimum atomic E-state index is -0.956. The van der Waals surface area contributed by atoms with E-state index in [4.69, 9.17) is 9.47 Å². The van der Waals surface area contributed by atoms with Crippen molar-refractivity contribution >= 4 is 23.3 Å². The Morgan fingerprint density at radius 1 is 1.00 bits per heavy atom. The van der Waals surface area contributed by atoms with Crippen LogP contribution in [0.25, 0.3) is 0 Å². The third kappa shape index (κ3) is 7.03. The predicted octanol–water partition coefficient (Wildman–Crippen LogP) is 4.63. The van der Waals surface area contributed by atoms with Gasteiger partial charge >= 0.3 is 5.97 Å². The van der Waals surface area contributed by atoms with Crippen molar-refractivity contribution in [3.8, 4) is 5.75 Å². The molecule has 0 saturated heterocycles. The van der Waals surface area contributed by atoms with Crippen LogP contribution < -0.4 is 10.1 Å². The number of amides is 1. The summed E-state index contributed by atoms with van der Waals surface area (Å²) in [6, 6.07) is 12.6. The number of nitrogens with one attached hydrogen (secondary N) is 1. The summed E-state index contributed by atoms with van der Waals surface area (Å²) in [5.41, 5.74) is 3.13. The number of ether oxygens (including phenoxy) is 2. The van der Waals surface area contributed by atoms with Crippen LogP contribution >= 0.6 is 0 Å². The standard InChI is InChI=1S/C24H29NO5/c1-5-14-29-20-10-8-19(9-11-20)22(26)12-13-23(27)30-18(4)24(28)25-21-15-16(2)6-7-17(21)3/h6-11,15,18H,5,12-14H2,1-4H3,(H,25,28)/t18-/m0/s1. The molecule has 1 amide bonds. The highest BCUT2D eigenvalue weighted by Crippen LogP contribution is 2.17. The zero-order valence-electron chi connectivity index (χ0n) is 18.0. The van der Waals surface area contributed by atoms with Gasteiger partial charge in [0.05, 0.1) is 13.0 Å². The van der Waals surface area contributed by atoms with Gasteiger partial charge in [-0.2, -0.15) is 0 Å². The first-order valence-corrected chi connectivity index (χ1v) is 10.1. The Morgan fingerprint density at radius 3 is 2.37 bits per heavy atom. The molecule has 0 radical (unpaired) electrons. The van der Waals surface area contributed by atoms with Gasteiger partial charge in [-0.1, -0.05) is 19.1 Å². The van der Waals surface area contributed by atoms with Crippen molar-refractivity contribution in [2.24, 2.45) is 0 Å². The van der Waals surface area contributed by atoms with Crippen LogP contribution in [0.4, 0.5) is 5.69 Å². The summed E-state index contributed by atoms with van der Waals surface area (Å²) in [6.07, 6.45) is -0.125. The molecule has 160 valence electrons. The molecule has 30 heavy (non-hydrogen) atoms. The summed E-state index contributed by atoms with van der Waals surface area (Å²) in [4.78, 5) is 36.7. The van der Waals surface area contributed by atoms with Crippen LogP contribution in [-0.4, -0.2) is 30.4 Å². The fraction of sp³-hybridized carbons (Fsp3) is 0.375. The molecule has 0 saturated carbocycles. The van der Waals surface area contributed by atoms with Gasteiger partial charge in [-0.05, 0) is 68.7 Å². The average molecular weight is 411 g/mol. The number of esters is 1. The van der Waals surface area contributed by atoms with Crippen molar-refractivity contribution in [1.29, 1.82) is 0 Å². The van der Waals surface area contributed by atoms with Crippen molar-refractivity contribution in [3.63, 3.8) is 0 Å². The van der Waals surface area contributed by atoms with Gasteiger partial charge in [0, 0.05) is 17.7 Å². The maximum Gasteiger partial charge on any atom is 0.307 e. The maximum absolute atomic E-state index is 12.3. The fourth-order valence-corrected chi connectivity index (χ4v) is 2.73. The van der Waals surface area contributed by atoms with Gasteiger partial charge in [0.15, 0.2) is 11.9 Å². The lowest BCUT2D eigenvalue weighted by molar-refractivity contribution is -0.153. The minimum absolute atomic E-state index is 0.0132. The van der Waals surface area contributed by atoms with Gasteiger partial charge in [0.2, 0.25) is 0 Å². The summed E-state index contributed by atoms with van der Waals surface area (Å²) in [5, 5.41) is 2.77. The quantitative estimate of drug-likeness (QED) is 0.455. The molecule has 6 heteroatoms. The highest BCUT2D eigenvalue weighted by atomic mass is 16.5. The lowest BCUT2D eigenvalue weighted by atomic mass is 10.1. The predicted molar refractivity (Wildman–Crippen MR) is 116 cm³/mol. The molecule has 6 nitrogen and oxygen atoms in total. The van der Waals surface area contributed by atoms with Gasteiger partial charge < -0.3 is 14.8 Å². The van der Waals surface area contributed by atoms with Crippen molar-refractivity contribution in [2.45, 2.75) is 53.1 Å². The number of benzene rings is 2. The van der Waals surface area contributed by atoms with Crippen molar-refractivity contribution in [3.05, 3.63) is 59.2 Å². The molecule has 0 aliphatic rings. The lowest BCUT2D eigenvalue weighted by Crippen LogP contribution is -2.30. The molecule has 0 bridgehead atoms. The number of aryl methyl sites for hydroxylation is 2. The molecule has 0 aliphatic heterocycles. The Kier molecular flexibility index (Phi) is 8.59. The summed E-state index contributed by atoms with van der Waals surface area (Å²) in [6.45, 7) is 7.97. The smallest absolute Gasteiger partial charge is 0.307 e. The summed E-state index contributed by atoms with van der Waals surface area (Å²) in [5.74, 6) is -0.459. The first-order chi connectivity index (χ1) is 14.3. The number of carbonyl (C=O) groups is 3. The zero-order chi connectivity index (χ0) is 22.1. The molecule has 1 N–H and O–H groups in total. The molecule has 0 unspecified atom stereocenters. The van der Waals surface area contributed by atoms with E-state index in [1.54, 1.807) is 24.3 Å². The molecule has 2 aromatic carbocycles. The van der Waals surface area contributed by atoms with E-state index in [9.17, 15) is 14.4 Å². The molecule has 0 aromatic heterocycles. The number of Topliss-reactive ketones (excluding diaryl/α,β-unsaturated/α-hetero) is 1. The van der Waals surface area contributed by atoms with Gasteiger partial charge in [-0.15, -0.1) is 0 Å². The fourth-order valence-electron chi connectivity index (χ4n) is 2.73. The van der Waals surface area contributed by atoms with E-state index < -0.39 is 18.0 Å². The normalized spacial score (nSPS) is 11.5. The van der Waals surface area contributed by atoms with Crippen LogP contribution in [0.2, 0.25) is 0 Å². The Morgan fingerprint density at radius 2 is 1.70 bits per heavy atom. The topological polar surface area (TPSA) is 81.7 Å². The van der Waals surface area contributed by atoms with Crippen LogP contribution in [0.5, 0.6) is 5.75 Å². The van der Waals surface area contributed by atoms with Crippen LogP contribution in [0.1, 0.15) is 54.6 Å². The van der Waals surface area contributed by atoms with E-state index in [0.717, 1.165) is 17.5 Å². The zero-order valence-corrected chi connectivity index (χ0v) is 18.0. The van der Waals surface area contributed by atoms with Crippen molar-refractivity contribution in [2.75, 3.05) is 11.9 Å². The lowest BCUT2D eigenvalue weighted by Gasteiger charge is -2.15. The average Bonchev–Trinajstić information content (AvgIpc) is 2.73. The van der Waals surface area contributed by atoms with Crippen molar-refractivity contribution in [1.82, 2.24) is 0 Å². The number of ketones is 1. The van der Waals surface area contributed by atoms with Gasteiger partial charge in [0.1, 0.15) is 5.75 Å². The Labute approximate surface area is 177 Å². The monoisotopic (exact) mass is 411 g/mol. The second-order valence-electron chi connectivity index (χ2n) is 7.24. The van der Waals surface area contributed by atoms with Crippen LogP contribution in [0.15, 0.2) is 42.5 Å². The van der Waals surface area contributed by atoms with Gasteiger partial charge in [-0.3, -0.25) is 14.4 Å². The highest BCUT2D eigenvalue weighted by Gasteiger charge is 2.19.